The number of pyridine rings is 1. The first-order chi connectivity index (χ1) is 16.6. The smallest absolute Gasteiger partial charge is 0.290 e. The number of hydrogen-bond donors (Lipinski definition) is 3. The monoisotopic (exact) mass is 488 g/mol. The van der Waals surface area contributed by atoms with Crippen LogP contribution in [-0.2, 0) is 4.79 Å². The fourth-order valence-corrected chi connectivity index (χ4v) is 3.75. The van der Waals surface area contributed by atoms with Crippen molar-refractivity contribution in [2.75, 3.05) is 24.1 Å². The van der Waals surface area contributed by atoms with E-state index < -0.39 is 35.8 Å². The van der Waals surface area contributed by atoms with Crippen LogP contribution < -0.4 is 21.3 Å². The number of nitrogens with two attached hydrogens (primary N) is 1. The number of aromatic nitrogens is 3. The number of nitrogen functional groups attached to an aromatic ring is 1. The molecule has 0 bridgehead atoms. The molecular formula is C23H23F3N6O3. The zero-order valence-corrected chi connectivity index (χ0v) is 18.7. The van der Waals surface area contributed by atoms with Crippen molar-refractivity contribution >= 4 is 17.5 Å². The second-order valence-corrected chi connectivity index (χ2v) is 8.20. The lowest BCUT2D eigenvalue weighted by molar-refractivity contribution is -0.125. The van der Waals surface area contributed by atoms with Gasteiger partial charge in [0, 0.05) is 25.7 Å². The van der Waals surface area contributed by atoms with Gasteiger partial charge in [0.15, 0.2) is 5.82 Å². The summed E-state index contributed by atoms with van der Waals surface area (Å²) in [6, 6.07) is 7.84. The van der Waals surface area contributed by atoms with Gasteiger partial charge in [-0.3, -0.25) is 14.5 Å². The molecule has 184 valence electrons. The Morgan fingerprint density at radius 1 is 1.26 bits per heavy atom. The molecule has 35 heavy (non-hydrogen) atoms. The molecule has 2 atom stereocenters. The van der Waals surface area contributed by atoms with Gasteiger partial charge in [0.1, 0.15) is 23.1 Å². The van der Waals surface area contributed by atoms with Gasteiger partial charge in [0.2, 0.25) is 5.91 Å². The van der Waals surface area contributed by atoms with Crippen molar-refractivity contribution in [2.24, 2.45) is 0 Å². The number of carbonyl (C=O) groups is 1. The minimum atomic E-state index is -3.08. The molecule has 3 heterocycles. The number of nitrogens with one attached hydrogen (secondary N) is 2. The Balaban J connectivity index is 1.40. The Hall–Kier alpha value is -3.93. The maximum absolute atomic E-state index is 14.6. The molecule has 1 amide bonds. The number of nitrogens with zero attached hydrogens (tertiary/aromatic N) is 3. The molecule has 0 radical (unpaired) electrons. The van der Waals surface area contributed by atoms with Gasteiger partial charge in [-0.25, -0.2) is 23.1 Å². The van der Waals surface area contributed by atoms with Gasteiger partial charge in [0.25, 0.3) is 11.5 Å². The van der Waals surface area contributed by atoms with E-state index in [4.69, 9.17) is 10.5 Å². The van der Waals surface area contributed by atoms with Crippen LogP contribution in [0.2, 0.25) is 0 Å². The summed E-state index contributed by atoms with van der Waals surface area (Å²) in [5.41, 5.74) is 4.80. The normalized spacial score (nSPS) is 18.6. The minimum Gasteiger partial charge on any atom is -0.456 e. The fraction of sp³-hybridized carbons (Fsp3) is 0.304. The molecule has 0 spiro atoms. The molecular weight excluding hydrogens is 465 g/mol. The van der Waals surface area contributed by atoms with E-state index in [0.717, 1.165) is 6.20 Å². The van der Waals surface area contributed by atoms with Crippen LogP contribution >= 0.6 is 0 Å². The van der Waals surface area contributed by atoms with Crippen LogP contribution in [0, 0.1) is 5.82 Å². The zero-order valence-electron chi connectivity index (χ0n) is 18.7. The summed E-state index contributed by atoms with van der Waals surface area (Å²) in [4.78, 5) is 36.1. The maximum atomic E-state index is 14.6. The second-order valence-electron chi connectivity index (χ2n) is 8.20. The zero-order chi connectivity index (χ0) is 25.2. The van der Waals surface area contributed by atoms with Crippen LogP contribution in [0.1, 0.15) is 25.0 Å². The van der Waals surface area contributed by atoms with Crippen LogP contribution in [0.5, 0.6) is 11.5 Å². The summed E-state index contributed by atoms with van der Waals surface area (Å²) in [7, 11) is 0. The first-order valence-corrected chi connectivity index (χ1v) is 10.8. The van der Waals surface area contributed by atoms with Crippen LogP contribution in [0.3, 0.4) is 0 Å². The highest BCUT2D eigenvalue weighted by Gasteiger charge is 2.47. The number of benzene rings is 1. The van der Waals surface area contributed by atoms with E-state index in [0.29, 0.717) is 11.5 Å². The van der Waals surface area contributed by atoms with Crippen LogP contribution in [0.25, 0.3) is 0 Å². The van der Waals surface area contributed by atoms with Crippen LogP contribution in [0.15, 0.2) is 53.6 Å². The van der Waals surface area contributed by atoms with E-state index in [1.807, 2.05) is 0 Å². The van der Waals surface area contributed by atoms with Crippen LogP contribution in [0.4, 0.5) is 24.8 Å². The van der Waals surface area contributed by atoms with Gasteiger partial charge < -0.3 is 20.8 Å². The lowest BCUT2D eigenvalue weighted by Crippen LogP contribution is -2.52. The number of piperidine rings is 1. The summed E-state index contributed by atoms with van der Waals surface area (Å²) >= 11 is 0. The number of aromatic amines is 1. The van der Waals surface area contributed by atoms with E-state index in [1.165, 1.54) is 36.5 Å². The predicted octanol–water partition coefficient (Wildman–Crippen LogP) is 3.13. The topological polar surface area (TPSA) is 126 Å². The number of carbonyl (C=O) groups excluding carboxylic acids is 1. The molecule has 0 aliphatic carbocycles. The van der Waals surface area contributed by atoms with Crippen molar-refractivity contribution in [2.45, 2.75) is 31.2 Å². The van der Waals surface area contributed by atoms with Crippen molar-refractivity contribution < 1.29 is 22.7 Å². The number of H-pyrrole nitrogens is 1. The number of alkyl halides is 2. The van der Waals surface area contributed by atoms with Gasteiger partial charge in [-0.1, -0.05) is 0 Å². The standard InChI is InChI=1S/C23H23F3N6O3/c1-13(32-9-8-23(25,26)17(12-32)18-11-29-22(34)20(27)30-18)21(33)31-19-7-6-16(10-28-19)35-15-4-2-14(24)3-5-15/h2-7,10-11,13,17H,8-9,12H2,1H3,(H2,27,30)(H,29,34)(H,28,31,33)/t13?,17-/m1/s1. The molecule has 4 N–H and O–H groups in total. The lowest BCUT2D eigenvalue weighted by atomic mass is 9.90. The molecule has 1 aliphatic heterocycles. The Morgan fingerprint density at radius 3 is 2.63 bits per heavy atom. The van der Waals surface area contributed by atoms with Gasteiger partial charge in [0.05, 0.1) is 23.9 Å². The number of halogens is 3. The fourth-order valence-electron chi connectivity index (χ4n) is 3.75. The third-order valence-corrected chi connectivity index (χ3v) is 5.81. The molecule has 1 aliphatic rings. The van der Waals surface area contributed by atoms with Crippen molar-refractivity contribution in [3.8, 4) is 11.5 Å². The molecule has 0 saturated carbocycles. The molecule has 3 aromatic rings. The summed E-state index contributed by atoms with van der Waals surface area (Å²) < 4.78 is 47.9. The van der Waals surface area contributed by atoms with E-state index in [-0.39, 0.29) is 36.2 Å². The SMILES string of the molecule is CC(C(=O)Nc1ccc(Oc2ccc(F)cc2)cn1)N1CCC(F)(F)[C@@H](c2c[nH]c(=O)c(N)n2)C1. The van der Waals surface area contributed by atoms with Gasteiger partial charge in [-0.2, -0.15) is 0 Å². The molecule has 12 heteroatoms. The summed E-state index contributed by atoms with van der Waals surface area (Å²) in [5, 5.41) is 2.66. The third-order valence-electron chi connectivity index (χ3n) is 5.81. The Labute approximate surface area is 198 Å². The Kier molecular flexibility index (Phi) is 6.74. The average molecular weight is 488 g/mol. The van der Waals surface area contributed by atoms with Crippen molar-refractivity contribution in [1.29, 1.82) is 0 Å². The molecule has 4 rings (SSSR count). The van der Waals surface area contributed by atoms with Gasteiger partial charge in [-0.15, -0.1) is 0 Å². The highest BCUT2D eigenvalue weighted by atomic mass is 19.3. The summed E-state index contributed by atoms with van der Waals surface area (Å²) in [6.45, 7) is 1.45. The minimum absolute atomic E-state index is 0.00516. The predicted molar refractivity (Wildman–Crippen MR) is 122 cm³/mol. The van der Waals surface area contributed by atoms with Gasteiger partial charge in [-0.05, 0) is 43.3 Å². The number of ether oxygens (including phenoxy) is 1. The van der Waals surface area contributed by atoms with Crippen molar-refractivity contribution in [3.05, 3.63) is 70.7 Å². The number of rotatable bonds is 6. The highest BCUT2D eigenvalue weighted by molar-refractivity contribution is 5.93. The molecule has 1 fully saturated rings. The molecule has 9 nitrogen and oxygen atoms in total. The van der Waals surface area contributed by atoms with E-state index in [1.54, 1.807) is 17.9 Å². The Bertz CT molecular complexity index is 1250. The number of likely N-dealkylation sites (tertiary alicyclic amines) is 1. The number of anilines is 2. The lowest BCUT2D eigenvalue weighted by Gasteiger charge is -2.40. The second kappa shape index (κ2) is 9.74. The van der Waals surface area contributed by atoms with Crippen molar-refractivity contribution in [1.82, 2.24) is 19.9 Å². The quantitative estimate of drug-likeness (QED) is 0.487. The third kappa shape index (κ3) is 5.60. The van der Waals surface area contributed by atoms with Crippen LogP contribution in [-0.4, -0.2) is 50.8 Å². The average Bonchev–Trinajstić information content (AvgIpc) is 2.83. The Morgan fingerprint density at radius 2 is 1.97 bits per heavy atom. The summed E-state index contributed by atoms with van der Waals surface area (Å²) in [5.74, 6) is -4.56. The highest BCUT2D eigenvalue weighted by Crippen LogP contribution is 2.40. The number of hydrogen-bond acceptors (Lipinski definition) is 7. The molecule has 1 aromatic carbocycles. The van der Waals surface area contributed by atoms with E-state index in [2.05, 4.69) is 20.3 Å². The van der Waals surface area contributed by atoms with E-state index in [9.17, 15) is 22.8 Å². The largest absolute Gasteiger partial charge is 0.456 e. The van der Waals surface area contributed by atoms with Crippen molar-refractivity contribution in [3.63, 3.8) is 0 Å². The van der Waals surface area contributed by atoms with E-state index >= 15 is 0 Å². The first kappa shape index (κ1) is 24.2. The number of amides is 1. The van der Waals surface area contributed by atoms with Gasteiger partial charge >= 0.3 is 0 Å². The molecule has 1 saturated heterocycles. The first-order valence-electron chi connectivity index (χ1n) is 10.8. The summed E-state index contributed by atoms with van der Waals surface area (Å²) in [6.07, 6.45) is 2.04. The maximum Gasteiger partial charge on any atom is 0.290 e. The molecule has 2 aromatic heterocycles. The molecule has 1 unspecified atom stereocenters.